The third-order valence-corrected chi connectivity index (χ3v) is 1.90. The smallest absolute Gasteiger partial charge is 0.187 e. The van der Waals surface area contributed by atoms with E-state index in [-0.39, 0.29) is 0 Å². The van der Waals surface area contributed by atoms with E-state index in [2.05, 4.69) is 0 Å². The molecule has 0 amide bonds. The molecule has 0 atom stereocenters. The Kier molecular flexibility index (Phi) is 2.28. The van der Waals surface area contributed by atoms with Gasteiger partial charge >= 0.3 is 0 Å². The van der Waals surface area contributed by atoms with Crippen LogP contribution in [-0.2, 0) is 0 Å². The molecule has 1 fully saturated rings. The summed E-state index contributed by atoms with van der Waals surface area (Å²) >= 11 is 4.71. The summed E-state index contributed by atoms with van der Waals surface area (Å²) in [6.07, 6.45) is 3.72. The molecule has 1 rings (SSSR count). The zero-order valence-electron chi connectivity index (χ0n) is 5.39. The van der Waals surface area contributed by atoms with Crippen molar-refractivity contribution in [2.24, 2.45) is 0 Å². The van der Waals surface area contributed by atoms with Gasteiger partial charge in [-0.1, -0.05) is 0 Å². The number of thiocarbonyl (C=S) groups is 1. The summed E-state index contributed by atoms with van der Waals surface area (Å²) in [7, 11) is 0. The van der Waals surface area contributed by atoms with Crippen LogP contribution in [-0.4, -0.2) is 23.1 Å². The lowest BCUT2D eigenvalue weighted by Crippen LogP contribution is -2.34. The van der Waals surface area contributed by atoms with E-state index in [0.29, 0.717) is 5.11 Å². The van der Waals surface area contributed by atoms with E-state index < -0.39 is 0 Å². The molecule has 0 unspecified atom stereocenters. The third-order valence-electron chi connectivity index (χ3n) is 1.64. The lowest BCUT2D eigenvalue weighted by atomic mass is 10.1. The summed E-state index contributed by atoms with van der Waals surface area (Å²) in [5, 5.41) is 0.315. The van der Waals surface area contributed by atoms with Crippen LogP contribution < -0.4 is 5.73 Å². The molecule has 2 nitrogen and oxygen atoms in total. The van der Waals surface area contributed by atoms with Crippen molar-refractivity contribution < 1.29 is 0 Å². The van der Waals surface area contributed by atoms with Crippen LogP contribution in [0.5, 0.6) is 0 Å². The maximum Gasteiger partial charge on any atom is 0.187 e. The van der Waals surface area contributed by atoms with Gasteiger partial charge in [-0.15, -0.1) is 0 Å². The van der Waals surface area contributed by atoms with Gasteiger partial charge in [0.1, 0.15) is 0 Å². The fourth-order valence-corrected chi connectivity index (χ4v) is 1.28. The quantitative estimate of drug-likeness (QED) is 0.474. The number of likely N-dealkylation sites (tertiary alicyclic amines) is 1. The van der Waals surface area contributed by atoms with E-state index in [1.165, 1.54) is 19.3 Å². The molecule has 0 aromatic heterocycles. The van der Waals surface area contributed by atoms with E-state index in [9.17, 15) is 0 Å². The molecule has 1 aliphatic rings. The predicted octanol–water partition coefficient (Wildman–Crippen LogP) is 1.04. The highest BCUT2D eigenvalue weighted by Gasteiger charge is 2.09. The fourth-order valence-electron chi connectivity index (χ4n) is 1.10. The van der Waals surface area contributed by atoms with E-state index >= 15 is 0 Å². The Morgan fingerprint density at radius 1 is 1.22 bits per heavy atom. The summed E-state index contributed by atoms with van der Waals surface area (Å²) in [6.45, 7) is 2.00. The molecule has 1 saturated heterocycles. The molecule has 0 saturated carbocycles. The average molecular weight is 143 g/mol. The molecule has 0 aromatic rings. The minimum atomic E-state index is 0.315. The molecule has 51 valence electrons. The summed E-state index contributed by atoms with van der Waals surface area (Å²) in [4.78, 5) is 1.96. The number of piperidine rings is 1. The van der Waals surface area contributed by atoms with E-state index in [1.807, 2.05) is 4.90 Å². The van der Waals surface area contributed by atoms with Crippen LogP contribution in [0.15, 0.2) is 0 Å². The third kappa shape index (κ3) is 1.82. The largest absolute Gasteiger partial charge is 0.348 e. The topological polar surface area (TPSA) is 27.0 Å². The Morgan fingerprint density at radius 2 is 1.78 bits per heavy atom. The van der Waals surface area contributed by atoms with Crippen molar-refractivity contribution in [1.82, 2.24) is 10.6 Å². The first-order valence-corrected chi connectivity index (χ1v) is 3.72. The van der Waals surface area contributed by atoms with Gasteiger partial charge in [-0.05, 0) is 31.5 Å². The molecular formula is C6H11N2S. The van der Waals surface area contributed by atoms with Gasteiger partial charge < -0.3 is 4.90 Å². The highest BCUT2D eigenvalue weighted by Crippen LogP contribution is 2.07. The molecular weight excluding hydrogens is 132 g/mol. The minimum absolute atomic E-state index is 0.315. The van der Waals surface area contributed by atoms with Gasteiger partial charge in [0.25, 0.3) is 0 Å². The van der Waals surface area contributed by atoms with Gasteiger partial charge in [0.2, 0.25) is 0 Å². The minimum Gasteiger partial charge on any atom is -0.348 e. The van der Waals surface area contributed by atoms with Crippen LogP contribution in [0.3, 0.4) is 0 Å². The van der Waals surface area contributed by atoms with Gasteiger partial charge in [0.05, 0.1) is 0 Å². The van der Waals surface area contributed by atoms with Crippen molar-refractivity contribution in [2.45, 2.75) is 19.3 Å². The Hall–Kier alpha value is -0.310. The van der Waals surface area contributed by atoms with Gasteiger partial charge in [-0.25, -0.2) is 0 Å². The van der Waals surface area contributed by atoms with Crippen molar-refractivity contribution >= 4 is 17.3 Å². The first-order valence-electron chi connectivity index (χ1n) is 3.31. The van der Waals surface area contributed by atoms with Crippen LogP contribution in [0.1, 0.15) is 19.3 Å². The molecule has 9 heavy (non-hydrogen) atoms. The highest BCUT2D eigenvalue weighted by atomic mass is 32.1. The van der Waals surface area contributed by atoms with Crippen molar-refractivity contribution in [2.75, 3.05) is 13.1 Å². The maximum absolute atomic E-state index is 7.13. The molecule has 1 N–H and O–H groups in total. The normalized spacial score (nSPS) is 19.8. The van der Waals surface area contributed by atoms with Crippen LogP contribution in [0.2, 0.25) is 0 Å². The van der Waals surface area contributed by atoms with Crippen LogP contribution in [0.4, 0.5) is 0 Å². The first kappa shape index (κ1) is 6.81. The van der Waals surface area contributed by atoms with Crippen molar-refractivity contribution in [3.8, 4) is 0 Å². The van der Waals surface area contributed by atoms with Crippen molar-refractivity contribution in [1.29, 1.82) is 0 Å². The zero-order valence-corrected chi connectivity index (χ0v) is 6.21. The first-order chi connectivity index (χ1) is 4.30. The maximum atomic E-state index is 7.13. The molecule has 1 aliphatic heterocycles. The Morgan fingerprint density at radius 3 is 2.11 bits per heavy atom. The number of hydrogen-bond donors (Lipinski definition) is 0. The van der Waals surface area contributed by atoms with Gasteiger partial charge in [-0.2, -0.15) is 0 Å². The van der Waals surface area contributed by atoms with Crippen molar-refractivity contribution in [3.63, 3.8) is 0 Å². The number of nitrogens with zero attached hydrogens (tertiary/aromatic N) is 1. The SMILES string of the molecule is [NH]C(=S)N1CCCCC1. The standard InChI is InChI=1S/C6H11N2S/c7-6(9)8-4-2-1-3-5-8/h7H,1-5H2. The van der Waals surface area contributed by atoms with Gasteiger partial charge in [-0.3, -0.25) is 5.73 Å². The second-order valence-electron chi connectivity index (χ2n) is 2.35. The van der Waals surface area contributed by atoms with Crippen molar-refractivity contribution in [3.05, 3.63) is 0 Å². The summed E-state index contributed by atoms with van der Waals surface area (Å²) in [5.41, 5.74) is 7.13. The lowest BCUT2D eigenvalue weighted by Gasteiger charge is -2.25. The molecule has 3 heteroatoms. The van der Waals surface area contributed by atoms with Gasteiger partial charge in [0, 0.05) is 13.1 Å². The predicted molar refractivity (Wildman–Crippen MR) is 41.1 cm³/mol. The Balaban J connectivity index is 2.31. The Labute approximate surface area is 61.0 Å². The molecule has 0 aromatic carbocycles. The average Bonchev–Trinajstić information content (AvgIpc) is 1.90. The molecule has 0 bridgehead atoms. The summed E-state index contributed by atoms with van der Waals surface area (Å²) in [5.74, 6) is 0. The van der Waals surface area contributed by atoms with E-state index in [0.717, 1.165) is 13.1 Å². The number of hydrogen-bond acceptors (Lipinski definition) is 1. The van der Waals surface area contributed by atoms with Crippen LogP contribution in [0, 0.1) is 0 Å². The van der Waals surface area contributed by atoms with E-state index in [4.69, 9.17) is 18.0 Å². The molecule has 0 spiro atoms. The summed E-state index contributed by atoms with van der Waals surface area (Å²) < 4.78 is 0. The second kappa shape index (κ2) is 3.01. The van der Waals surface area contributed by atoms with E-state index in [1.54, 1.807) is 0 Å². The van der Waals surface area contributed by atoms with Gasteiger partial charge in [0.15, 0.2) is 5.11 Å². The summed E-state index contributed by atoms with van der Waals surface area (Å²) in [6, 6.07) is 0. The lowest BCUT2D eigenvalue weighted by molar-refractivity contribution is 0.343. The number of nitrogens with one attached hydrogen (secondary N) is 1. The molecule has 1 heterocycles. The highest BCUT2D eigenvalue weighted by molar-refractivity contribution is 7.80. The second-order valence-corrected chi connectivity index (χ2v) is 2.74. The molecule has 1 radical (unpaired) electrons. The monoisotopic (exact) mass is 143 g/mol. The Bertz CT molecular complexity index is 108. The van der Waals surface area contributed by atoms with Crippen LogP contribution >= 0.6 is 12.2 Å². The molecule has 0 aliphatic carbocycles. The fraction of sp³-hybridized carbons (Fsp3) is 0.833. The van der Waals surface area contributed by atoms with Crippen LogP contribution in [0.25, 0.3) is 0 Å². The number of rotatable bonds is 0. The zero-order chi connectivity index (χ0) is 6.69.